The smallest absolute Gasteiger partial charge is 0.226 e. The minimum absolute atomic E-state index is 0.0968. The van der Waals surface area contributed by atoms with Crippen LogP contribution in [0.25, 0.3) is 0 Å². The molecule has 0 spiro atoms. The Bertz CT molecular complexity index is 464. The number of anilines is 1. The van der Waals surface area contributed by atoms with Crippen LogP contribution in [0.3, 0.4) is 0 Å². The predicted molar refractivity (Wildman–Crippen MR) is 87.2 cm³/mol. The Balaban J connectivity index is 1.67. The van der Waals surface area contributed by atoms with Crippen molar-refractivity contribution < 1.29 is 14.3 Å². The first-order valence-corrected chi connectivity index (χ1v) is 8.05. The first-order chi connectivity index (χ1) is 9.65. The van der Waals surface area contributed by atoms with Crippen molar-refractivity contribution in [1.29, 1.82) is 0 Å². The van der Waals surface area contributed by atoms with E-state index < -0.39 is 0 Å². The number of halogens is 2. The topological polar surface area (TPSA) is 47.6 Å². The highest BCUT2D eigenvalue weighted by Gasteiger charge is 2.15. The molecule has 1 aliphatic rings. The second-order valence-corrected chi connectivity index (χ2v) is 6.29. The summed E-state index contributed by atoms with van der Waals surface area (Å²) in [5.41, 5.74) is 0.635. The number of benzene rings is 1. The van der Waals surface area contributed by atoms with E-state index in [0.717, 1.165) is 23.0 Å². The minimum atomic E-state index is -0.0968. The van der Waals surface area contributed by atoms with Crippen molar-refractivity contribution in [3.05, 3.63) is 26.8 Å². The van der Waals surface area contributed by atoms with Gasteiger partial charge in [0.15, 0.2) is 0 Å². The van der Waals surface area contributed by atoms with Crippen molar-refractivity contribution >= 4 is 45.8 Å². The van der Waals surface area contributed by atoms with E-state index in [0.29, 0.717) is 30.3 Å². The SMILES string of the molecule is O=C(CCOCC1CCCO1)Nc1ccc(I)cc1Cl. The average molecular weight is 410 g/mol. The van der Waals surface area contributed by atoms with Crippen LogP contribution in [-0.4, -0.2) is 31.8 Å². The highest BCUT2D eigenvalue weighted by molar-refractivity contribution is 14.1. The Morgan fingerprint density at radius 3 is 3.10 bits per heavy atom. The molecule has 1 fully saturated rings. The number of rotatable bonds is 6. The van der Waals surface area contributed by atoms with Gasteiger partial charge in [-0.3, -0.25) is 4.79 Å². The van der Waals surface area contributed by atoms with Gasteiger partial charge < -0.3 is 14.8 Å². The second kappa shape index (κ2) is 8.17. The van der Waals surface area contributed by atoms with Crippen molar-refractivity contribution in [2.24, 2.45) is 0 Å². The van der Waals surface area contributed by atoms with Gasteiger partial charge in [0, 0.05) is 10.2 Å². The zero-order chi connectivity index (χ0) is 14.4. The van der Waals surface area contributed by atoms with Gasteiger partial charge in [0.05, 0.1) is 36.4 Å². The van der Waals surface area contributed by atoms with E-state index in [4.69, 9.17) is 21.1 Å². The van der Waals surface area contributed by atoms with Gasteiger partial charge in [-0.15, -0.1) is 0 Å². The monoisotopic (exact) mass is 409 g/mol. The number of amides is 1. The van der Waals surface area contributed by atoms with Crippen LogP contribution >= 0.6 is 34.2 Å². The maximum absolute atomic E-state index is 11.8. The highest BCUT2D eigenvalue weighted by atomic mass is 127. The molecule has 1 N–H and O–H groups in total. The normalized spacial score (nSPS) is 18.2. The van der Waals surface area contributed by atoms with E-state index in [1.165, 1.54) is 0 Å². The molecule has 1 aromatic carbocycles. The van der Waals surface area contributed by atoms with Crippen LogP contribution in [0, 0.1) is 3.57 Å². The first kappa shape index (κ1) is 16.0. The largest absolute Gasteiger partial charge is 0.378 e. The van der Waals surface area contributed by atoms with Crippen LogP contribution in [0.4, 0.5) is 5.69 Å². The van der Waals surface area contributed by atoms with Crippen molar-refractivity contribution in [3.8, 4) is 0 Å². The average Bonchev–Trinajstić information content (AvgIpc) is 2.91. The van der Waals surface area contributed by atoms with Crippen molar-refractivity contribution in [3.63, 3.8) is 0 Å². The third kappa shape index (κ3) is 5.20. The summed E-state index contributed by atoms with van der Waals surface area (Å²) >= 11 is 8.23. The van der Waals surface area contributed by atoms with Crippen molar-refractivity contribution in [1.82, 2.24) is 0 Å². The lowest BCUT2D eigenvalue weighted by Gasteiger charge is -2.10. The number of nitrogens with one attached hydrogen (secondary N) is 1. The number of ether oxygens (including phenoxy) is 2. The first-order valence-electron chi connectivity index (χ1n) is 6.59. The van der Waals surface area contributed by atoms with Crippen LogP contribution in [0.2, 0.25) is 5.02 Å². The van der Waals surface area contributed by atoms with Gasteiger partial charge in [-0.25, -0.2) is 0 Å². The lowest BCUT2D eigenvalue weighted by atomic mass is 10.2. The van der Waals surface area contributed by atoms with Gasteiger partial charge in [0.2, 0.25) is 5.91 Å². The number of hydrogen-bond donors (Lipinski definition) is 1. The maximum atomic E-state index is 11.8. The van der Waals surface area contributed by atoms with Crippen molar-refractivity contribution in [2.75, 3.05) is 25.1 Å². The molecule has 110 valence electrons. The molecular weight excluding hydrogens is 393 g/mol. The summed E-state index contributed by atoms with van der Waals surface area (Å²) in [5, 5.41) is 3.33. The van der Waals surface area contributed by atoms with Crippen LogP contribution in [-0.2, 0) is 14.3 Å². The molecule has 6 heteroatoms. The van der Waals surface area contributed by atoms with E-state index in [9.17, 15) is 4.79 Å². The fraction of sp³-hybridized carbons (Fsp3) is 0.500. The molecule has 0 radical (unpaired) electrons. The molecule has 1 amide bonds. The van der Waals surface area contributed by atoms with Gasteiger partial charge in [0.25, 0.3) is 0 Å². The lowest BCUT2D eigenvalue weighted by Crippen LogP contribution is -2.18. The maximum Gasteiger partial charge on any atom is 0.226 e. The summed E-state index contributed by atoms with van der Waals surface area (Å²) in [5.74, 6) is -0.0968. The predicted octanol–water partition coefficient (Wildman–Crippen LogP) is 3.47. The number of hydrogen-bond acceptors (Lipinski definition) is 3. The van der Waals surface area contributed by atoms with Gasteiger partial charge >= 0.3 is 0 Å². The fourth-order valence-corrected chi connectivity index (χ4v) is 2.86. The molecule has 4 nitrogen and oxygen atoms in total. The summed E-state index contributed by atoms with van der Waals surface area (Å²) in [6.45, 7) is 1.78. The Labute approximate surface area is 137 Å². The molecule has 1 unspecified atom stereocenters. The molecule has 1 aromatic rings. The summed E-state index contributed by atoms with van der Waals surface area (Å²) < 4.78 is 11.9. The quantitative estimate of drug-likeness (QED) is 0.578. The highest BCUT2D eigenvalue weighted by Crippen LogP contribution is 2.23. The number of carbonyl (C=O) groups excluding carboxylic acids is 1. The van der Waals surface area contributed by atoms with E-state index in [1.807, 2.05) is 12.1 Å². The van der Waals surface area contributed by atoms with Crippen LogP contribution in [0.5, 0.6) is 0 Å². The summed E-state index contributed by atoms with van der Waals surface area (Å²) in [4.78, 5) is 11.8. The van der Waals surface area contributed by atoms with E-state index >= 15 is 0 Å². The molecule has 1 saturated heterocycles. The molecule has 0 saturated carbocycles. The molecule has 2 rings (SSSR count). The summed E-state index contributed by atoms with van der Waals surface area (Å²) in [6.07, 6.45) is 2.66. The van der Waals surface area contributed by atoms with Gasteiger partial charge in [0.1, 0.15) is 0 Å². The molecule has 20 heavy (non-hydrogen) atoms. The summed E-state index contributed by atoms with van der Waals surface area (Å²) in [7, 11) is 0. The molecule has 1 atom stereocenters. The van der Waals surface area contributed by atoms with Gasteiger partial charge in [-0.05, 0) is 53.6 Å². The fourth-order valence-electron chi connectivity index (χ4n) is 1.96. The lowest BCUT2D eigenvalue weighted by molar-refractivity contribution is -0.117. The third-order valence-electron chi connectivity index (χ3n) is 3.01. The molecule has 0 aromatic heterocycles. The Kier molecular flexibility index (Phi) is 6.54. The van der Waals surface area contributed by atoms with Crippen LogP contribution in [0.15, 0.2) is 18.2 Å². The van der Waals surface area contributed by atoms with Gasteiger partial charge in [-0.1, -0.05) is 11.6 Å². The summed E-state index contributed by atoms with van der Waals surface area (Å²) in [6, 6.07) is 5.51. The molecule has 1 aliphatic heterocycles. The third-order valence-corrected chi connectivity index (χ3v) is 3.99. The second-order valence-electron chi connectivity index (χ2n) is 4.63. The van der Waals surface area contributed by atoms with E-state index in [1.54, 1.807) is 6.07 Å². The standard InChI is InChI=1S/C14H17ClINO3/c15-12-8-10(16)3-4-13(12)17-14(18)5-7-19-9-11-2-1-6-20-11/h3-4,8,11H,1-2,5-7,9H2,(H,17,18). The zero-order valence-corrected chi connectivity index (χ0v) is 13.9. The Hall–Kier alpha value is -0.370. The molecule has 0 bridgehead atoms. The van der Waals surface area contributed by atoms with Crippen LogP contribution in [0.1, 0.15) is 19.3 Å². The zero-order valence-electron chi connectivity index (χ0n) is 11.0. The van der Waals surface area contributed by atoms with Gasteiger partial charge in [-0.2, -0.15) is 0 Å². The minimum Gasteiger partial charge on any atom is -0.378 e. The molecule has 0 aliphatic carbocycles. The Morgan fingerprint density at radius 1 is 1.55 bits per heavy atom. The van der Waals surface area contributed by atoms with E-state index in [-0.39, 0.29) is 12.0 Å². The Morgan fingerprint density at radius 2 is 2.40 bits per heavy atom. The van der Waals surface area contributed by atoms with Crippen molar-refractivity contribution in [2.45, 2.75) is 25.4 Å². The van der Waals surface area contributed by atoms with Crippen LogP contribution < -0.4 is 5.32 Å². The number of carbonyl (C=O) groups is 1. The van der Waals surface area contributed by atoms with E-state index in [2.05, 4.69) is 27.9 Å². The molecular formula is C14H17ClINO3. The molecule has 1 heterocycles.